The molecule has 2 aromatic carbocycles. The van der Waals surface area contributed by atoms with Crippen molar-refractivity contribution in [2.45, 2.75) is 17.6 Å². The van der Waals surface area contributed by atoms with Crippen molar-refractivity contribution in [1.82, 2.24) is 0 Å². The Bertz CT molecular complexity index is 674. The maximum Gasteiger partial charge on any atom is 0.338 e. The molecule has 0 bridgehead atoms. The minimum atomic E-state index is -1.07. The highest BCUT2D eigenvalue weighted by Gasteiger charge is 2.15. The molecule has 2 aromatic rings. The first kappa shape index (κ1) is 17.3. The van der Waals surface area contributed by atoms with Crippen LogP contribution >= 0.6 is 11.8 Å². The summed E-state index contributed by atoms with van der Waals surface area (Å²) >= 11 is 1.50. The lowest BCUT2D eigenvalue weighted by molar-refractivity contribution is -0.991. The first-order chi connectivity index (χ1) is 11.0. The van der Waals surface area contributed by atoms with Crippen LogP contribution in [-0.4, -0.2) is 17.8 Å². The molecule has 0 fully saturated rings. The predicted molar refractivity (Wildman–Crippen MR) is 88.6 cm³/mol. The summed E-state index contributed by atoms with van der Waals surface area (Å²) in [6, 6.07) is 12.0. The minimum absolute atomic E-state index is 0.110. The zero-order chi connectivity index (χ0) is 16.8. The number of nitrogens with two attached hydrogens (primary N) is 1. The molecule has 0 aromatic heterocycles. The Labute approximate surface area is 138 Å². The molecule has 0 aliphatic carbocycles. The third-order valence-corrected chi connectivity index (χ3v) is 4.19. The van der Waals surface area contributed by atoms with Crippen LogP contribution in [0.5, 0.6) is 0 Å². The number of quaternary nitrogens is 1. The number of ether oxygens (including phenoxy) is 1. The van der Waals surface area contributed by atoms with Gasteiger partial charge < -0.3 is 15.7 Å². The number of nitrogen functional groups attached to an aromatic ring is 1. The second kappa shape index (κ2) is 7.98. The molecule has 1 unspecified atom stereocenters. The van der Waals surface area contributed by atoms with Gasteiger partial charge in [0, 0.05) is 28.0 Å². The summed E-state index contributed by atoms with van der Waals surface area (Å²) in [6.07, 6.45) is 0. The van der Waals surface area contributed by atoms with Crippen LogP contribution in [0.3, 0.4) is 0 Å². The standard InChI is InChI=1S/C16H18N2O4S/c1-2-22-16(19)11-3-4-12(15(9-11)18(20)21)10-23-14-7-5-13(17)6-8-14/h3-9,18,20H,2,10,17H2,1H3. The Morgan fingerprint density at radius 1 is 1.30 bits per heavy atom. The summed E-state index contributed by atoms with van der Waals surface area (Å²) in [5, 5.41) is 19.7. The summed E-state index contributed by atoms with van der Waals surface area (Å²) in [5.74, 6) is -0.0398. The van der Waals surface area contributed by atoms with E-state index in [9.17, 15) is 15.2 Å². The van der Waals surface area contributed by atoms with Crippen LogP contribution in [0.4, 0.5) is 11.4 Å². The third-order valence-electron chi connectivity index (χ3n) is 3.13. The van der Waals surface area contributed by atoms with E-state index in [1.54, 1.807) is 31.2 Å². The van der Waals surface area contributed by atoms with E-state index in [1.807, 2.05) is 12.1 Å². The van der Waals surface area contributed by atoms with Crippen LogP contribution in [0.1, 0.15) is 22.8 Å². The van der Waals surface area contributed by atoms with E-state index >= 15 is 0 Å². The molecule has 0 aliphatic heterocycles. The first-order valence-corrected chi connectivity index (χ1v) is 8.01. The molecule has 0 saturated heterocycles. The molecule has 2 rings (SSSR count). The number of hydrogen-bond acceptors (Lipinski definition) is 6. The Morgan fingerprint density at radius 3 is 2.61 bits per heavy atom. The average Bonchev–Trinajstić information content (AvgIpc) is 2.54. The van der Waals surface area contributed by atoms with Crippen molar-refractivity contribution in [3.63, 3.8) is 0 Å². The largest absolute Gasteiger partial charge is 0.595 e. The topological polar surface area (TPSA) is 100 Å². The Kier molecular flexibility index (Phi) is 6.00. The van der Waals surface area contributed by atoms with E-state index in [4.69, 9.17) is 10.5 Å². The summed E-state index contributed by atoms with van der Waals surface area (Å²) < 4.78 is 4.89. The normalized spacial score (nSPS) is 12.0. The molecule has 0 spiro atoms. The van der Waals surface area contributed by atoms with Crippen LogP contribution in [0.25, 0.3) is 0 Å². The van der Waals surface area contributed by atoms with Crippen molar-refractivity contribution >= 4 is 29.1 Å². The molecule has 0 saturated carbocycles. The fourth-order valence-corrected chi connectivity index (χ4v) is 2.87. The Hall–Kier alpha value is -2.06. The van der Waals surface area contributed by atoms with Gasteiger partial charge >= 0.3 is 5.97 Å². The fourth-order valence-electron chi connectivity index (χ4n) is 1.97. The molecule has 122 valence electrons. The lowest BCUT2D eigenvalue weighted by Gasteiger charge is -2.16. The summed E-state index contributed by atoms with van der Waals surface area (Å²) in [5.41, 5.74) is 7.31. The van der Waals surface area contributed by atoms with Gasteiger partial charge in [-0.05, 0) is 37.3 Å². The zero-order valence-electron chi connectivity index (χ0n) is 12.6. The number of esters is 1. The molecule has 0 amide bonds. The van der Waals surface area contributed by atoms with Gasteiger partial charge in [0.05, 0.1) is 12.2 Å². The van der Waals surface area contributed by atoms with E-state index in [2.05, 4.69) is 0 Å². The van der Waals surface area contributed by atoms with Crippen LogP contribution < -0.4 is 11.0 Å². The number of thioether (sulfide) groups is 1. The van der Waals surface area contributed by atoms with Crippen molar-refractivity contribution in [2.24, 2.45) is 0 Å². The van der Waals surface area contributed by atoms with Gasteiger partial charge in [-0.3, -0.25) is 0 Å². The van der Waals surface area contributed by atoms with Crippen LogP contribution in [0.2, 0.25) is 0 Å². The van der Waals surface area contributed by atoms with Gasteiger partial charge in [-0.1, -0.05) is 6.07 Å². The zero-order valence-corrected chi connectivity index (χ0v) is 13.4. The third kappa shape index (κ3) is 4.70. The van der Waals surface area contributed by atoms with Crippen LogP contribution in [0, 0.1) is 5.21 Å². The molecular weight excluding hydrogens is 316 g/mol. The van der Waals surface area contributed by atoms with E-state index in [-0.39, 0.29) is 17.9 Å². The van der Waals surface area contributed by atoms with Gasteiger partial charge in [-0.15, -0.1) is 11.8 Å². The predicted octanol–water partition coefficient (Wildman–Crippen LogP) is 2.14. The molecular formula is C16H18N2O4S. The van der Waals surface area contributed by atoms with Crippen LogP contribution in [-0.2, 0) is 10.5 Å². The minimum Gasteiger partial charge on any atom is -0.595 e. The SMILES string of the molecule is CCOC(=O)c1ccc(CSc2ccc(N)cc2)c([NH+]([O-])O)c1. The van der Waals surface area contributed by atoms with Crippen molar-refractivity contribution in [3.05, 3.63) is 58.8 Å². The van der Waals surface area contributed by atoms with Gasteiger partial charge in [0.1, 0.15) is 0 Å². The van der Waals surface area contributed by atoms with Gasteiger partial charge in [-0.25, -0.2) is 10.0 Å². The first-order valence-electron chi connectivity index (χ1n) is 7.03. The van der Waals surface area contributed by atoms with Gasteiger partial charge in [0.2, 0.25) is 0 Å². The van der Waals surface area contributed by atoms with Gasteiger partial charge in [-0.2, -0.15) is 5.23 Å². The van der Waals surface area contributed by atoms with E-state index < -0.39 is 11.2 Å². The average molecular weight is 334 g/mol. The summed E-state index contributed by atoms with van der Waals surface area (Å²) in [6.45, 7) is 1.95. The highest BCUT2D eigenvalue weighted by atomic mass is 32.2. The van der Waals surface area contributed by atoms with Gasteiger partial charge in [0.15, 0.2) is 5.69 Å². The number of carbonyl (C=O) groups excluding carboxylic acids is 1. The Morgan fingerprint density at radius 2 is 2.00 bits per heavy atom. The van der Waals surface area contributed by atoms with E-state index in [0.717, 1.165) is 4.90 Å². The number of anilines is 1. The maximum absolute atomic E-state index is 11.7. The second-order valence-corrected chi connectivity index (χ2v) is 5.80. The molecule has 1 atom stereocenters. The van der Waals surface area contributed by atoms with E-state index in [0.29, 0.717) is 17.0 Å². The second-order valence-electron chi connectivity index (χ2n) is 4.76. The molecule has 7 heteroatoms. The molecule has 0 aliphatic rings. The summed E-state index contributed by atoms with van der Waals surface area (Å²) in [4.78, 5) is 12.7. The smallest absolute Gasteiger partial charge is 0.338 e. The number of carbonyl (C=O) groups is 1. The summed E-state index contributed by atoms with van der Waals surface area (Å²) in [7, 11) is 0. The molecule has 0 heterocycles. The fraction of sp³-hybridized carbons (Fsp3) is 0.188. The van der Waals surface area contributed by atoms with Crippen LogP contribution in [0.15, 0.2) is 47.4 Å². The van der Waals surface area contributed by atoms with Crippen molar-refractivity contribution in [2.75, 3.05) is 12.3 Å². The number of hydrogen-bond donors (Lipinski definition) is 3. The molecule has 6 nitrogen and oxygen atoms in total. The van der Waals surface area contributed by atoms with E-state index in [1.165, 1.54) is 17.8 Å². The monoisotopic (exact) mass is 334 g/mol. The van der Waals surface area contributed by atoms with Gasteiger partial charge in [0.25, 0.3) is 0 Å². The van der Waals surface area contributed by atoms with Crippen molar-refractivity contribution in [3.8, 4) is 0 Å². The number of nitrogens with one attached hydrogen (secondary N) is 1. The molecule has 0 radical (unpaired) electrons. The molecule has 23 heavy (non-hydrogen) atoms. The lowest BCUT2D eigenvalue weighted by atomic mass is 10.1. The van der Waals surface area contributed by atoms with Crippen molar-refractivity contribution < 1.29 is 20.0 Å². The number of benzene rings is 2. The highest BCUT2D eigenvalue weighted by Crippen LogP contribution is 2.26. The molecule has 4 N–H and O–H groups in total. The maximum atomic E-state index is 11.7. The highest BCUT2D eigenvalue weighted by molar-refractivity contribution is 7.98. The lowest BCUT2D eigenvalue weighted by Crippen LogP contribution is -2.99. The van der Waals surface area contributed by atoms with Crippen molar-refractivity contribution in [1.29, 1.82) is 0 Å². The quantitative estimate of drug-likeness (QED) is 0.324. The Balaban J connectivity index is 2.17. The number of rotatable bonds is 6.